The first-order valence-corrected chi connectivity index (χ1v) is 14.2. The van der Waals surface area contributed by atoms with E-state index in [1.807, 2.05) is 31.9 Å². The summed E-state index contributed by atoms with van der Waals surface area (Å²) in [6.07, 6.45) is 3.08. The van der Waals surface area contributed by atoms with Gasteiger partial charge in [0.1, 0.15) is 12.0 Å². The first-order valence-electron chi connectivity index (χ1n) is 14.2. The number of piperazine rings is 1. The minimum Gasteiger partial charge on any atom is -0.504 e. The van der Waals surface area contributed by atoms with Gasteiger partial charge in [0.25, 0.3) is 0 Å². The van der Waals surface area contributed by atoms with Crippen LogP contribution in [-0.2, 0) is 22.4 Å². The highest BCUT2D eigenvalue weighted by molar-refractivity contribution is 5.87. The average Bonchev–Trinajstić information content (AvgIpc) is 3.43. The number of allylic oxidation sites excluding steroid dienone is 1. The SMILES string of the molecule is C/C=C/C(=O)NC[C@H]1c2c(c(OC(C)=O)c(C)c3c2OCO3)CC2C3c4c(cc(C)c(OC)c4O)CC([C@H](O)N21)N3C. The van der Waals surface area contributed by atoms with Crippen LogP contribution in [0.4, 0.5) is 0 Å². The van der Waals surface area contributed by atoms with Crippen LogP contribution in [0.5, 0.6) is 28.7 Å². The molecule has 0 spiro atoms. The Balaban J connectivity index is 1.58. The van der Waals surface area contributed by atoms with Crippen molar-refractivity contribution >= 4 is 11.9 Å². The van der Waals surface area contributed by atoms with Crippen LogP contribution in [0, 0.1) is 13.8 Å². The first kappa shape index (κ1) is 28.3. The number of carbonyl (C=O) groups excluding carboxylic acids is 2. The second kappa shape index (κ2) is 10.5. The number of nitrogens with one attached hydrogen (secondary N) is 1. The normalized spacial score (nSPS) is 25.9. The molecule has 3 unspecified atom stereocenters. The van der Waals surface area contributed by atoms with E-state index in [1.165, 1.54) is 20.1 Å². The minimum absolute atomic E-state index is 0.00412. The van der Waals surface area contributed by atoms with Gasteiger partial charge in [0.2, 0.25) is 12.7 Å². The third-order valence-electron chi connectivity index (χ3n) is 9.13. The van der Waals surface area contributed by atoms with Crippen LogP contribution in [0.25, 0.3) is 0 Å². The van der Waals surface area contributed by atoms with Crippen molar-refractivity contribution in [3.05, 3.63) is 51.6 Å². The largest absolute Gasteiger partial charge is 0.504 e. The van der Waals surface area contributed by atoms with Crippen molar-refractivity contribution < 1.29 is 38.7 Å². The molecule has 1 amide bonds. The number of carbonyl (C=O) groups is 2. The number of fused-ring (bicyclic) bond motifs is 9. The number of aromatic hydroxyl groups is 1. The number of aliphatic hydroxyl groups excluding tert-OH is 1. The van der Waals surface area contributed by atoms with E-state index in [9.17, 15) is 19.8 Å². The third-order valence-corrected chi connectivity index (χ3v) is 9.13. The molecule has 1 saturated heterocycles. The highest BCUT2D eigenvalue weighted by Gasteiger charge is 2.56. The predicted molar refractivity (Wildman–Crippen MR) is 152 cm³/mol. The Morgan fingerprint density at radius 2 is 1.88 bits per heavy atom. The van der Waals surface area contributed by atoms with Gasteiger partial charge in [0, 0.05) is 41.8 Å². The summed E-state index contributed by atoms with van der Waals surface area (Å²) in [5.74, 6) is 1.18. The lowest BCUT2D eigenvalue weighted by Crippen LogP contribution is -2.69. The maximum absolute atomic E-state index is 12.6. The summed E-state index contributed by atoms with van der Waals surface area (Å²) < 4.78 is 23.3. The Morgan fingerprint density at radius 3 is 2.57 bits per heavy atom. The van der Waals surface area contributed by atoms with Crippen molar-refractivity contribution in [3.63, 3.8) is 0 Å². The number of aliphatic hydroxyl groups is 1. The molecule has 0 saturated carbocycles. The number of phenols is 1. The number of likely N-dealkylation sites (N-methyl/N-ethyl adjacent to an activating group) is 1. The fraction of sp³-hybridized carbons (Fsp3) is 0.484. The minimum atomic E-state index is -0.915. The van der Waals surface area contributed by atoms with Crippen LogP contribution >= 0.6 is 0 Å². The van der Waals surface area contributed by atoms with E-state index < -0.39 is 18.2 Å². The first-order chi connectivity index (χ1) is 20.1. The number of methoxy groups -OCH3 is 1. The molecule has 11 nitrogen and oxygen atoms in total. The van der Waals surface area contributed by atoms with Crippen LogP contribution in [0.15, 0.2) is 18.2 Å². The van der Waals surface area contributed by atoms with Crippen LogP contribution in [-0.4, -0.2) is 77.7 Å². The number of benzene rings is 2. The van der Waals surface area contributed by atoms with Crippen LogP contribution in [0.1, 0.15) is 59.3 Å². The molecule has 224 valence electrons. The smallest absolute Gasteiger partial charge is 0.308 e. The lowest BCUT2D eigenvalue weighted by Gasteiger charge is -2.60. The van der Waals surface area contributed by atoms with Gasteiger partial charge in [0.05, 0.1) is 25.2 Å². The summed E-state index contributed by atoms with van der Waals surface area (Å²) in [6.45, 7) is 7.00. The van der Waals surface area contributed by atoms with E-state index in [1.54, 1.807) is 13.0 Å². The molecule has 4 aliphatic heterocycles. The van der Waals surface area contributed by atoms with E-state index in [-0.39, 0.29) is 43.1 Å². The quantitative estimate of drug-likeness (QED) is 0.276. The summed E-state index contributed by atoms with van der Waals surface area (Å²) in [5.41, 5.74) is 4.65. The zero-order valence-corrected chi connectivity index (χ0v) is 24.7. The molecule has 2 bridgehead atoms. The van der Waals surface area contributed by atoms with Gasteiger partial charge in [-0.1, -0.05) is 12.1 Å². The Bertz CT molecular complexity index is 1500. The number of hydrogen-bond acceptors (Lipinski definition) is 10. The standard InChI is InChI=1S/C31H37N3O8/c1-7-8-22(36)32-12-21-24-18(28(42-16(4)35)15(3)29-30(24)41-13-40-29)11-19-25-23-17(9-14(2)27(39-6)26(23)37)10-20(33(25)5)31(38)34(19)21/h7-9,19-21,25,31,37-38H,10-13H2,1-6H3,(H,32,36)/b8-7+/t19?,20?,21-,25?,31-/m0/s1. The molecule has 3 N–H and O–H groups in total. The lowest BCUT2D eigenvalue weighted by molar-refractivity contribution is -0.172. The van der Waals surface area contributed by atoms with Gasteiger partial charge in [-0.2, -0.15) is 0 Å². The van der Waals surface area contributed by atoms with Gasteiger partial charge in [0.15, 0.2) is 23.0 Å². The van der Waals surface area contributed by atoms with E-state index in [4.69, 9.17) is 18.9 Å². The molecule has 0 aliphatic carbocycles. The molecule has 2 aromatic carbocycles. The number of rotatable bonds is 5. The number of amides is 1. The Morgan fingerprint density at radius 1 is 1.14 bits per heavy atom. The Kier molecular flexibility index (Phi) is 7.07. The molecular formula is C31H37N3O8. The monoisotopic (exact) mass is 579 g/mol. The van der Waals surface area contributed by atoms with Crippen LogP contribution in [0.2, 0.25) is 0 Å². The molecule has 6 rings (SSSR count). The van der Waals surface area contributed by atoms with Gasteiger partial charge in [-0.3, -0.25) is 19.4 Å². The third kappa shape index (κ3) is 4.13. The molecule has 42 heavy (non-hydrogen) atoms. The maximum atomic E-state index is 12.6. The van der Waals surface area contributed by atoms with Crippen molar-refractivity contribution in [2.24, 2.45) is 0 Å². The van der Waals surface area contributed by atoms with Gasteiger partial charge in [-0.25, -0.2) is 0 Å². The summed E-state index contributed by atoms with van der Waals surface area (Å²) in [5, 5.41) is 26.6. The number of aryl methyl sites for hydroxylation is 1. The van der Waals surface area contributed by atoms with Gasteiger partial charge < -0.3 is 34.5 Å². The van der Waals surface area contributed by atoms with Crippen molar-refractivity contribution in [1.82, 2.24) is 15.1 Å². The molecule has 4 aliphatic rings. The zero-order valence-electron chi connectivity index (χ0n) is 24.7. The molecule has 0 aromatic heterocycles. The van der Waals surface area contributed by atoms with Gasteiger partial charge in [-0.15, -0.1) is 0 Å². The molecule has 11 heteroatoms. The van der Waals surface area contributed by atoms with Crippen molar-refractivity contribution in [2.45, 2.75) is 70.9 Å². The van der Waals surface area contributed by atoms with Crippen LogP contribution in [0.3, 0.4) is 0 Å². The van der Waals surface area contributed by atoms with Crippen molar-refractivity contribution in [3.8, 4) is 28.7 Å². The number of hydrogen-bond donors (Lipinski definition) is 3. The molecule has 5 atom stereocenters. The number of ether oxygens (including phenoxy) is 4. The zero-order chi connectivity index (χ0) is 30.0. The Labute approximate surface area is 244 Å². The van der Waals surface area contributed by atoms with Crippen LogP contribution < -0.4 is 24.3 Å². The second-order valence-corrected chi connectivity index (χ2v) is 11.4. The molecular weight excluding hydrogens is 542 g/mol. The molecule has 2 aromatic rings. The topological polar surface area (TPSA) is 130 Å². The van der Waals surface area contributed by atoms with E-state index >= 15 is 0 Å². The number of esters is 1. The van der Waals surface area contributed by atoms with Gasteiger partial charge >= 0.3 is 5.97 Å². The molecule has 0 radical (unpaired) electrons. The molecule has 1 fully saturated rings. The number of phenolic OH excluding ortho intramolecular Hbond substituents is 1. The van der Waals surface area contributed by atoms with E-state index in [0.717, 1.165) is 22.3 Å². The average molecular weight is 580 g/mol. The maximum Gasteiger partial charge on any atom is 0.308 e. The van der Waals surface area contributed by atoms with Gasteiger partial charge in [-0.05, 0) is 57.9 Å². The fourth-order valence-electron chi connectivity index (χ4n) is 7.53. The fourth-order valence-corrected chi connectivity index (χ4v) is 7.53. The van der Waals surface area contributed by atoms with E-state index in [2.05, 4.69) is 10.2 Å². The van der Waals surface area contributed by atoms with E-state index in [0.29, 0.717) is 47.0 Å². The number of nitrogens with zero attached hydrogens (tertiary/aromatic N) is 2. The lowest BCUT2D eigenvalue weighted by atomic mass is 9.73. The highest BCUT2D eigenvalue weighted by Crippen LogP contribution is 2.58. The second-order valence-electron chi connectivity index (χ2n) is 11.4. The van der Waals surface area contributed by atoms with Crippen molar-refractivity contribution in [2.75, 3.05) is 27.5 Å². The summed E-state index contributed by atoms with van der Waals surface area (Å²) in [4.78, 5) is 29.1. The highest BCUT2D eigenvalue weighted by atomic mass is 16.7. The molecule has 4 heterocycles. The van der Waals surface area contributed by atoms with Crippen molar-refractivity contribution in [1.29, 1.82) is 0 Å². The summed E-state index contributed by atoms with van der Waals surface area (Å²) in [6, 6.07) is 0.479. The predicted octanol–water partition coefficient (Wildman–Crippen LogP) is 2.56. The summed E-state index contributed by atoms with van der Waals surface area (Å²) >= 11 is 0. The Hall–Kier alpha value is -3.80. The summed E-state index contributed by atoms with van der Waals surface area (Å²) in [7, 11) is 3.50.